The van der Waals surface area contributed by atoms with Gasteiger partial charge in [0.05, 0.1) is 12.9 Å². The summed E-state index contributed by atoms with van der Waals surface area (Å²) in [4.78, 5) is 0. The summed E-state index contributed by atoms with van der Waals surface area (Å²) < 4.78 is 5.49. The first-order valence-corrected chi connectivity index (χ1v) is 9.22. The Hall–Kier alpha value is -0.760. The van der Waals surface area contributed by atoms with E-state index in [0.717, 1.165) is 30.6 Å². The van der Waals surface area contributed by atoms with E-state index in [9.17, 15) is 5.11 Å². The molecule has 0 aromatic carbocycles. The van der Waals surface area contributed by atoms with E-state index in [1.165, 1.54) is 44.3 Å². The van der Waals surface area contributed by atoms with Gasteiger partial charge in [-0.3, -0.25) is 0 Å². The number of hydrogen-bond donors (Lipinski definition) is 1. The minimum atomic E-state index is 0.401. The highest BCUT2D eigenvalue weighted by molar-refractivity contribution is 5.32. The average Bonchev–Trinajstić information content (AvgIpc) is 2.90. The predicted molar refractivity (Wildman–Crippen MR) is 88.2 cm³/mol. The number of fused-ring (bicyclic) bond motifs is 4. The molecule has 0 heterocycles. The Morgan fingerprint density at radius 3 is 2.91 bits per heavy atom. The summed E-state index contributed by atoms with van der Waals surface area (Å²) in [6.45, 7) is 2.88. The molecule has 2 saturated carbocycles. The lowest BCUT2D eigenvalue weighted by Gasteiger charge is -2.52. The molecule has 122 valence electrons. The monoisotopic (exact) mass is 302 g/mol. The second-order valence-corrected chi connectivity index (χ2v) is 8.30. The Morgan fingerprint density at radius 2 is 2.14 bits per heavy atom. The van der Waals surface area contributed by atoms with E-state index in [1.54, 1.807) is 11.1 Å². The molecule has 1 unspecified atom stereocenters. The Kier molecular flexibility index (Phi) is 3.64. The maximum absolute atomic E-state index is 9.78. The van der Waals surface area contributed by atoms with Crippen LogP contribution in [-0.2, 0) is 4.74 Å². The fourth-order valence-electron chi connectivity index (χ4n) is 6.45. The first kappa shape index (κ1) is 14.8. The largest absolute Gasteiger partial charge is 0.501 e. The smallest absolute Gasteiger partial charge is 0.0959 e. The number of aliphatic hydroxyl groups is 1. The van der Waals surface area contributed by atoms with E-state index in [-0.39, 0.29) is 0 Å². The van der Waals surface area contributed by atoms with Gasteiger partial charge in [-0.1, -0.05) is 18.1 Å². The number of allylic oxidation sites excluding steroid dienone is 3. The molecule has 1 N–H and O–H groups in total. The van der Waals surface area contributed by atoms with Crippen molar-refractivity contribution in [3.05, 3.63) is 23.0 Å². The van der Waals surface area contributed by atoms with Gasteiger partial charge in [-0.15, -0.1) is 0 Å². The highest BCUT2D eigenvalue weighted by Gasteiger charge is 2.54. The molecular formula is C20H30O2. The topological polar surface area (TPSA) is 29.5 Å². The van der Waals surface area contributed by atoms with Crippen molar-refractivity contribution in [2.24, 2.45) is 29.1 Å². The molecule has 5 atom stereocenters. The lowest BCUT2D eigenvalue weighted by atomic mass is 9.53. The highest BCUT2D eigenvalue weighted by Crippen LogP contribution is 2.62. The van der Waals surface area contributed by atoms with Crippen LogP contribution in [0.5, 0.6) is 0 Å². The van der Waals surface area contributed by atoms with Crippen molar-refractivity contribution in [2.75, 3.05) is 13.7 Å². The van der Waals surface area contributed by atoms with E-state index in [2.05, 4.69) is 13.0 Å². The van der Waals surface area contributed by atoms with Crippen molar-refractivity contribution in [1.82, 2.24) is 0 Å². The molecule has 0 saturated heterocycles. The van der Waals surface area contributed by atoms with Gasteiger partial charge in [0, 0.05) is 13.0 Å². The van der Waals surface area contributed by atoms with Gasteiger partial charge in [-0.25, -0.2) is 0 Å². The summed E-state index contributed by atoms with van der Waals surface area (Å²) >= 11 is 0. The molecule has 2 nitrogen and oxygen atoms in total. The van der Waals surface area contributed by atoms with Crippen LogP contribution in [0.15, 0.2) is 23.0 Å². The zero-order valence-corrected chi connectivity index (χ0v) is 14.1. The fraction of sp³-hybridized carbons (Fsp3) is 0.800. The molecule has 4 aliphatic rings. The number of rotatable bonds is 2. The summed E-state index contributed by atoms with van der Waals surface area (Å²) in [6, 6.07) is 0. The van der Waals surface area contributed by atoms with Crippen LogP contribution in [0.25, 0.3) is 0 Å². The molecule has 0 radical (unpaired) electrons. The summed E-state index contributed by atoms with van der Waals surface area (Å²) in [5.41, 5.74) is 3.88. The molecular weight excluding hydrogens is 272 g/mol. The number of aliphatic hydroxyl groups excluding tert-OH is 1. The average molecular weight is 302 g/mol. The standard InChI is InChI=1S/C20H30O2/c1-20-10-9-17-16-7-5-15(22-2)11-13(16)3-6-18(17)19(20)8-4-14(20)12-21/h5,14,17-19,21H,3-4,6-12H2,1-2H3/t14?,17-,18-,19+,20-/m1/s1. The van der Waals surface area contributed by atoms with Crippen LogP contribution < -0.4 is 0 Å². The predicted octanol–water partition coefficient (Wildman–Crippen LogP) is 4.45. The Balaban J connectivity index is 1.59. The molecule has 0 spiro atoms. The molecule has 4 rings (SSSR count). The molecule has 2 heteroatoms. The minimum absolute atomic E-state index is 0.401. The SMILES string of the molecule is COC1=CCC2=C(CC[C@@H]3[C@@H]2CC[C@]2(C)C(CO)CC[C@@H]32)C1. The third-order valence-electron chi connectivity index (χ3n) is 7.73. The first-order chi connectivity index (χ1) is 10.7. The van der Waals surface area contributed by atoms with Gasteiger partial charge in [0.1, 0.15) is 0 Å². The third kappa shape index (κ3) is 2.02. The van der Waals surface area contributed by atoms with Crippen LogP contribution in [-0.4, -0.2) is 18.8 Å². The summed E-state index contributed by atoms with van der Waals surface area (Å²) in [6.07, 6.45) is 12.4. The van der Waals surface area contributed by atoms with E-state index in [4.69, 9.17) is 4.74 Å². The molecule has 22 heavy (non-hydrogen) atoms. The van der Waals surface area contributed by atoms with Crippen molar-refractivity contribution < 1.29 is 9.84 Å². The van der Waals surface area contributed by atoms with E-state index in [1.807, 2.05) is 7.11 Å². The van der Waals surface area contributed by atoms with Crippen LogP contribution in [0.4, 0.5) is 0 Å². The van der Waals surface area contributed by atoms with E-state index >= 15 is 0 Å². The quantitative estimate of drug-likeness (QED) is 0.764. The van der Waals surface area contributed by atoms with Crippen LogP contribution in [0.3, 0.4) is 0 Å². The second-order valence-electron chi connectivity index (χ2n) is 8.30. The lowest BCUT2D eigenvalue weighted by Crippen LogP contribution is -2.44. The highest BCUT2D eigenvalue weighted by atomic mass is 16.5. The van der Waals surface area contributed by atoms with E-state index < -0.39 is 0 Å². The van der Waals surface area contributed by atoms with Gasteiger partial charge in [-0.2, -0.15) is 0 Å². The Labute approximate surface area is 134 Å². The van der Waals surface area contributed by atoms with Crippen molar-refractivity contribution in [3.8, 4) is 0 Å². The zero-order chi connectivity index (χ0) is 15.3. The minimum Gasteiger partial charge on any atom is -0.501 e. The maximum Gasteiger partial charge on any atom is 0.0959 e. The third-order valence-corrected chi connectivity index (χ3v) is 7.73. The molecule has 2 fully saturated rings. The van der Waals surface area contributed by atoms with Gasteiger partial charge in [0.15, 0.2) is 0 Å². The number of methoxy groups -OCH3 is 1. The van der Waals surface area contributed by atoms with Gasteiger partial charge >= 0.3 is 0 Å². The Bertz CT molecular complexity index is 518. The zero-order valence-electron chi connectivity index (χ0n) is 14.1. The fourth-order valence-corrected chi connectivity index (χ4v) is 6.45. The molecule has 4 aliphatic carbocycles. The van der Waals surface area contributed by atoms with Crippen LogP contribution in [0.2, 0.25) is 0 Å². The first-order valence-electron chi connectivity index (χ1n) is 9.22. The Morgan fingerprint density at radius 1 is 1.27 bits per heavy atom. The normalized spacial score (nSPS) is 44.0. The van der Waals surface area contributed by atoms with Crippen molar-refractivity contribution in [2.45, 2.75) is 58.3 Å². The van der Waals surface area contributed by atoms with Gasteiger partial charge in [0.25, 0.3) is 0 Å². The van der Waals surface area contributed by atoms with Crippen LogP contribution in [0, 0.1) is 29.1 Å². The van der Waals surface area contributed by atoms with Gasteiger partial charge in [-0.05, 0) is 80.1 Å². The lowest BCUT2D eigenvalue weighted by molar-refractivity contribution is -0.00211. The maximum atomic E-state index is 9.78. The van der Waals surface area contributed by atoms with Crippen molar-refractivity contribution >= 4 is 0 Å². The summed E-state index contributed by atoms with van der Waals surface area (Å²) in [5, 5.41) is 9.78. The number of hydrogen-bond acceptors (Lipinski definition) is 2. The summed E-state index contributed by atoms with van der Waals surface area (Å²) in [7, 11) is 1.81. The molecule has 0 aliphatic heterocycles. The van der Waals surface area contributed by atoms with Gasteiger partial charge < -0.3 is 9.84 Å². The van der Waals surface area contributed by atoms with Crippen molar-refractivity contribution in [1.29, 1.82) is 0 Å². The van der Waals surface area contributed by atoms with Gasteiger partial charge in [0.2, 0.25) is 0 Å². The van der Waals surface area contributed by atoms with Crippen LogP contribution >= 0.6 is 0 Å². The molecule has 0 aromatic heterocycles. The van der Waals surface area contributed by atoms with Crippen molar-refractivity contribution in [3.63, 3.8) is 0 Å². The van der Waals surface area contributed by atoms with E-state index in [0.29, 0.717) is 17.9 Å². The molecule has 0 amide bonds. The summed E-state index contributed by atoms with van der Waals surface area (Å²) in [5.74, 6) is 4.30. The second kappa shape index (κ2) is 5.40. The van der Waals surface area contributed by atoms with Crippen LogP contribution in [0.1, 0.15) is 58.3 Å². The molecule has 0 bridgehead atoms. The molecule has 0 aromatic rings. The number of ether oxygens (including phenoxy) is 1.